The Balaban J connectivity index is 1.82. The average molecular weight is 240 g/mol. The Morgan fingerprint density at radius 2 is 2.25 bits per heavy atom. The number of carboxylic acids is 1. The summed E-state index contributed by atoms with van der Waals surface area (Å²) in [5, 5.41) is 13.4. The minimum atomic E-state index is -0.875. The van der Waals surface area contributed by atoms with Crippen LogP contribution in [0.25, 0.3) is 0 Å². The summed E-state index contributed by atoms with van der Waals surface area (Å²) in [5.41, 5.74) is 2.51. The van der Waals surface area contributed by atoms with E-state index < -0.39 is 11.9 Å². The third-order valence-electron chi connectivity index (χ3n) is 2.86. The molecule has 6 heteroatoms. The first-order chi connectivity index (χ1) is 7.68. The summed E-state index contributed by atoms with van der Waals surface area (Å²) >= 11 is 1.47. The molecular weight excluding hydrogens is 228 g/mol. The van der Waals surface area contributed by atoms with Crippen LogP contribution in [0.2, 0.25) is 0 Å². The third-order valence-corrected chi connectivity index (χ3v) is 3.49. The Kier molecular flexibility index (Phi) is 3.19. The van der Waals surface area contributed by atoms with Gasteiger partial charge in [0.1, 0.15) is 0 Å². The minimum absolute atomic E-state index is 0.174. The number of nitrogens with one attached hydrogen (secondary N) is 1. The zero-order valence-electron chi connectivity index (χ0n) is 8.55. The van der Waals surface area contributed by atoms with Gasteiger partial charge in [0.2, 0.25) is 5.91 Å². The van der Waals surface area contributed by atoms with Crippen LogP contribution in [0.3, 0.4) is 0 Å². The molecule has 16 heavy (non-hydrogen) atoms. The second-order valence-corrected chi connectivity index (χ2v) is 4.54. The van der Waals surface area contributed by atoms with E-state index >= 15 is 0 Å². The van der Waals surface area contributed by atoms with Gasteiger partial charge in [0.05, 0.1) is 29.6 Å². The SMILES string of the molecule is O=C(NCc1cscn1)[C@H]1CC[C@H]1C(=O)O. The van der Waals surface area contributed by atoms with Gasteiger partial charge in [-0.05, 0) is 12.8 Å². The van der Waals surface area contributed by atoms with Gasteiger partial charge in [-0.2, -0.15) is 0 Å². The smallest absolute Gasteiger partial charge is 0.307 e. The van der Waals surface area contributed by atoms with Crippen molar-refractivity contribution in [2.24, 2.45) is 11.8 Å². The van der Waals surface area contributed by atoms with Crippen LogP contribution >= 0.6 is 11.3 Å². The van der Waals surface area contributed by atoms with Crippen molar-refractivity contribution in [3.8, 4) is 0 Å². The summed E-state index contributed by atoms with van der Waals surface area (Å²) in [4.78, 5) is 26.4. The normalized spacial score (nSPS) is 23.5. The summed E-state index contributed by atoms with van der Waals surface area (Å²) < 4.78 is 0. The molecule has 1 saturated carbocycles. The number of carbonyl (C=O) groups is 2. The van der Waals surface area contributed by atoms with Crippen molar-refractivity contribution in [1.29, 1.82) is 0 Å². The molecule has 5 nitrogen and oxygen atoms in total. The van der Waals surface area contributed by atoms with E-state index in [-0.39, 0.29) is 11.8 Å². The lowest BCUT2D eigenvalue weighted by molar-refractivity contribution is -0.152. The van der Waals surface area contributed by atoms with Gasteiger partial charge in [-0.3, -0.25) is 9.59 Å². The number of nitrogens with zero attached hydrogens (tertiary/aromatic N) is 1. The molecule has 1 aromatic rings. The fourth-order valence-electron chi connectivity index (χ4n) is 1.74. The predicted octanol–water partition coefficient (Wildman–Crippen LogP) is 0.870. The number of carboxylic acid groups (broad SMARTS) is 1. The van der Waals surface area contributed by atoms with Crippen LogP contribution in [0.15, 0.2) is 10.9 Å². The Morgan fingerprint density at radius 1 is 1.50 bits per heavy atom. The second kappa shape index (κ2) is 4.61. The second-order valence-electron chi connectivity index (χ2n) is 3.83. The van der Waals surface area contributed by atoms with Crippen LogP contribution < -0.4 is 5.32 Å². The molecular formula is C10H12N2O3S. The summed E-state index contributed by atoms with van der Waals surface area (Å²) in [6.45, 7) is 0.380. The highest BCUT2D eigenvalue weighted by Crippen LogP contribution is 2.34. The maximum atomic E-state index is 11.6. The standard InChI is InChI=1S/C10H12N2O3S/c13-9(7-1-2-8(7)10(14)15)11-3-6-4-16-5-12-6/h4-5,7-8H,1-3H2,(H,11,13)(H,14,15)/t7-,8+/m0/s1. The molecule has 0 bridgehead atoms. The van der Waals surface area contributed by atoms with Crippen molar-refractivity contribution < 1.29 is 14.7 Å². The average Bonchev–Trinajstić information content (AvgIpc) is 2.64. The van der Waals surface area contributed by atoms with E-state index in [2.05, 4.69) is 10.3 Å². The monoisotopic (exact) mass is 240 g/mol. The Labute approximate surface area is 96.5 Å². The maximum absolute atomic E-state index is 11.6. The molecule has 1 aliphatic rings. The van der Waals surface area contributed by atoms with E-state index in [0.29, 0.717) is 19.4 Å². The van der Waals surface area contributed by atoms with Crippen LogP contribution in [0, 0.1) is 11.8 Å². The van der Waals surface area contributed by atoms with Gasteiger partial charge >= 0.3 is 5.97 Å². The lowest BCUT2D eigenvalue weighted by Gasteiger charge is -2.31. The van der Waals surface area contributed by atoms with Gasteiger partial charge in [-0.15, -0.1) is 11.3 Å². The molecule has 0 spiro atoms. The van der Waals surface area contributed by atoms with Gasteiger partial charge in [0.25, 0.3) is 0 Å². The van der Waals surface area contributed by atoms with Crippen LogP contribution in [0.1, 0.15) is 18.5 Å². The first-order valence-corrected chi connectivity index (χ1v) is 6.00. The number of thiazole rings is 1. The van der Waals surface area contributed by atoms with Crippen LogP contribution in [-0.2, 0) is 16.1 Å². The van der Waals surface area contributed by atoms with Gasteiger partial charge in [-0.1, -0.05) is 0 Å². The molecule has 2 rings (SSSR count). The molecule has 0 radical (unpaired) electrons. The van der Waals surface area contributed by atoms with Crippen molar-refractivity contribution >= 4 is 23.2 Å². The number of rotatable bonds is 4. The molecule has 1 aromatic heterocycles. The number of hydrogen-bond donors (Lipinski definition) is 2. The molecule has 0 aliphatic heterocycles. The highest BCUT2D eigenvalue weighted by molar-refractivity contribution is 7.07. The van der Waals surface area contributed by atoms with E-state index in [4.69, 9.17) is 5.11 Å². The van der Waals surface area contributed by atoms with Crippen molar-refractivity contribution in [3.05, 3.63) is 16.6 Å². The number of aromatic nitrogens is 1. The van der Waals surface area contributed by atoms with E-state index in [0.717, 1.165) is 5.69 Å². The molecule has 2 N–H and O–H groups in total. The molecule has 86 valence electrons. The number of hydrogen-bond acceptors (Lipinski definition) is 4. The molecule has 1 heterocycles. The summed E-state index contributed by atoms with van der Waals surface area (Å²) in [6, 6.07) is 0. The van der Waals surface area contributed by atoms with E-state index in [9.17, 15) is 9.59 Å². The lowest BCUT2D eigenvalue weighted by atomic mass is 9.73. The first-order valence-electron chi connectivity index (χ1n) is 5.06. The Bertz CT molecular complexity index is 391. The number of aliphatic carboxylic acids is 1. The van der Waals surface area contributed by atoms with Crippen molar-refractivity contribution in [2.45, 2.75) is 19.4 Å². The highest BCUT2D eigenvalue weighted by atomic mass is 32.1. The van der Waals surface area contributed by atoms with Crippen molar-refractivity contribution in [3.63, 3.8) is 0 Å². The van der Waals surface area contributed by atoms with Crippen LogP contribution in [-0.4, -0.2) is 22.0 Å². The molecule has 1 fully saturated rings. The molecule has 1 amide bonds. The minimum Gasteiger partial charge on any atom is -0.481 e. The van der Waals surface area contributed by atoms with Crippen LogP contribution in [0.4, 0.5) is 0 Å². The summed E-state index contributed by atoms with van der Waals surface area (Å²) in [7, 11) is 0. The van der Waals surface area contributed by atoms with Gasteiger partial charge < -0.3 is 10.4 Å². The highest BCUT2D eigenvalue weighted by Gasteiger charge is 2.41. The maximum Gasteiger partial charge on any atom is 0.307 e. The fourth-order valence-corrected chi connectivity index (χ4v) is 2.30. The molecule has 1 aliphatic carbocycles. The quantitative estimate of drug-likeness (QED) is 0.818. The van der Waals surface area contributed by atoms with Gasteiger partial charge in [-0.25, -0.2) is 4.98 Å². The van der Waals surface area contributed by atoms with Gasteiger partial charge in [0.15, 0.2) is 0 Å². The first kappa shape index (κ1) is 11.1. The van der Waals surface area contributed by atoms with Crippen LogP contribution in [0.5, 0.6) is 0 Å². The van der Waals surface area contributed by atoms with E-state index in [1.165, 1.54) is 11.3 Å². The van der Waals surface area contributed by atoms with Crippen molar-refractivity contribution in [2.75, 3.05) is 0 Å². The molecule has 0 saturated heterocycles. The zero-order valence-corrected chi connectivity index (χ0v) is 9.37. The largest absolute Gasteiger partial charge is 0.481 e. The third kappa shape index (κ3) is 2.21. The van der Waals surface area contributed by atoms with E-state index in [1.54, 1.807) is 5.51 Å². The number of carbonyl (C=O) groups excluding carboxylic acids is 1. The number of amides is 1. The fraction of sp³-hybridized carbons (Fsp3) is 0.500. The molecule has 2 atom stereocenters. The topological polar surface area (TPSA) is 79.3 Å². The van der Waals surface area contributed by atoms with Gasteiger partial charge in [0, 0.05) is 5.38 Å². The Hall–Kier alpha value is -1.43. The van der Waals surface area contributed by atoms with Crippen molar-refractivity contribution in [1.82, 2.24) is 10.3 Å². The molecule has 0 unspecified atom stereocenters. The lowest BCUT2D eigenvalue weighted by Crippen LogP contribution is -2.43. The summed E-state index contributed by atoms with van der Waals surface area (Å²) in [6.07, 6.45) is 1.27. The Morgan fingerprint density at radius 3 is 2.75 bits per heavy atom. The summed E-state index contributed by atoms with van der Waals surface area (Å²) in [5.74, 6) is -1.92. The van der Waals surface area contributed by atoms with E-state index in [1.807, 2.05) is 5.38 Å². The molecule has 0 aromatic carbocycles. The predicted molar refractivity (Wildman–Crippen MR) is 57.8 cm³/mol. The zero-order chi connectivity index (χ0) is 11.5.